The molecule has 0 atom stereocenters. The van der Waals surface area contributed by atoms with Gasteiger partial charge in [-0.05, 0) is 13.0 Å². The second kappa shape index (κ2) is 5.16. The lowest BCUT2D eigenvalue weighted by atomic mass is 10.1. The number of alkyl halides is 5. The molecule has 1 aromatic rings. The summed E-state index contributed by atoms with van der Waals surface area (Å²) in [7, 11) is 0. The lowest BCUT2D eigenvalue weighted by molar-refractivity contribution is -0.276. The zero-order valence-corrected chi connectivity index (χ0v) is 9.05. The van der Waals surface area contributed by atoms with Gasteiger partial charge in [-0.15, -0.1) is 13.2 Å². The number of halogens is 5. The highest BCUT2D eigenvalue weighted by Gasteiger charge is 2.33. The molecule has 1 aromatic heterocycles. The summed E-state index contributed by atoms with van der Waals surface area (Å²) in [5, 5.41) is 8.44. The van der Waals surface area contributed by atoms with Gasteiger partial charge in [0.05, 0.1) is 18.2 Å². The zero-order chi connectivity index (χ0) is 13.9. The van der Waals surface area contributed by atoms with E-state index in [2.05, 4.69) is 9.72 Å². The number of pyridine rings is 1. The van der Waals surface area contributed by atoms with E-state index in [0.717, 1.165) is 13.0 Å². The molecule has 8 heteroatoms. The number of aryl methyl sites for hydroxylation is 1. The lowest BCUT2D eigenvalue weighted by Crippen LogP contribution is -2.19. The van der Waals surface area contributed by atoms with Gasteiger partial charge in [-0.2, -0.15) is 5.26 Å². The molecule has 0 aliphatic rings. The number of nitrogens with zero attached hydrogens (tertiary/aromatic N) is 2. The van der Waals surface area contributed by atoms with Crippen LogP contribution in [0.1, 0.15) is 23.2 Å². The largest absolute Gasteiger partial charge is 0.574 e. The predicted octanol–water partition coefficient (Wildman–Crippen LogP) is 3.29. The highest BCUT2D eigenvalue weighted by molar-refractivity contribution is 5.36. The first-order valence-corrected chi connectivity index (χ1v) is 4.66. The van der Waals surface area contributed by atoms with Crippen LogP contribution in [0.15, 0.2) is 6.07 Å². The van der Waals surface area contributed by atoms with E-state index in [4.69, 9.17) is 5.26 Å². The number of hydrogen-bond acceptors (Lipinski definition) is 3. The minimum atomic E-state index is -4.99. The first kappa shape index (κ1) is 14.2. The van der Waals surface area contributed by atoms with Crippen molar-refractivity contribution in [2.45, 2.75) is 26.1 Å². The highest BCUT2D eigenvalue weighted by Crippen LogP contribution is 2.30. The van der Waals surface area contributed by atoms with Crippen molar-refractivity contribution in [2.24, 2.45) is 0 Å². The van der Waals surface area contributed by atoms with E-state index in [9.17, 15) is 22.0 Å². The van der Waals surface area contributed by atoms with Gasteiger partial charge < -0.3 is 4.74 Å². The minimum absolute atomic E-state index is 0.272. The van der Waals surface area contributed by atoms with Crippen LogP contribution in [-0.4, -0.2) is 11.3 Å². The van der Waals surface area contributed by atoms with Crippen molar-refractivity contribution in [1.29, 1.82) is 5.26 Å². The van der Waals surface area contributed by atoms with Gasteiger partial charge in [0, 0.05) is 11.1 Å². The van der Waals surface area contributed by atoms with Gasteiger partial charge in [0.25, 0.3) is 6.43 Å². The molecule has 0 N–H and O–H groups in total. The van der Waals surface area contributed by atoms with Crippen LogP contribution in [-0.2, 0) is 6.42 Å². The Labute approximate surface area is 98.8 Å². The van der Waals surface area contributed by atoms with Crippen LogP contribution in [0.5, 0.6) is 5.88 Å². The third kappa shape index (κ3) is 3.55. The van der Waals surface area contributed by atoms with Crippen LogP contribution in [0.3, 0.4) is 0 Å². The zero-order valence-electron chi connectivity index (χ0n) is 9.05. The fraction of sp³-hybridized carbons (Fsp3) is 0.400. The van der Waals surface area contributed by atoms with Crippen LogP contribution in [0.25, 0.3) is 0 Å². The summed E-state index contributed by atoms with van der Waals surface area (Å²) >= 11 is 0. The second-order valence-electron chi connectivity index (χ2n) is 3.31. The van der Waals surface area contributed by atoms with E-state index < -0.39 is 30.7 Å². The number of aromatic nitrogens is 1. The molecule has 18 heavy (non-hydrogen) atoms. The minimum Gasteiger partial charge on any atom is -0.388 e. The average Bonchev–Trinajstić information content (AvgIpc) is 2.19. The first-order valence-electron chi connectivity index (χ1n) is 4.66. The van der Waals surface area contributed by atoms with Crippen LogP contribution < -0.4 is 4.74 Å². The molecular formula is C10H7F5N2O. The third-order valence-electron chi connectivity index (χ3n) is 2.01. The molecule has 0 radical (unpaired) electrons. The average molecular weight is 266 g/mol. The van der Waals surface area contributed by atoms with Crippen LogP contribution in [0, 0.1) is 18.3 Å². The summed E-state index contributed by atoms with van der Waals surface area (Å²) in [6.07, 6.45) is -8.37. The molecule has 1 heterocycles. The molecular weight excluding hydrogens is 259 g/mol. The van der Waals surface area contributed by atoms with Crippen molar-refractivity contribution in [3.8, 4) is 11.9 Å². The molecule has 0 aromatic carbocycles. The first-order chi connectivity index (χ1) is 8.24. The van der Waals surface area contributed by atoms with E-state index in [1.54, 1.807) is 6.07 Å². The van der Waals surface area contributed by atoms with Crippen LogP contribution in [0.4, 0.5) is 22.0 Å². The van der Waals surface area contributed by atoms with Gasteiger partial charge in [0.15, 0.2) is 0 Å². The predicted molar refractivity (Wildman–Crippen MR) is 49.9 cm³/mol. The van der Waals surface area contributed by atoms with Gasteiger partial charge in [0.1, 0.15) is 0 Å². The van der Waals surface area contributed by atoms with Crippen molar-refractivity contribution in [3.63, 3.8) is 0 Å². The monoisotopic (exact) mass is 266 g/mol. The molecule has 0 aliphatic heterocycles. The molecule has 0 bridgehead atoms. The molecule has 0 amide bonds. The van der Waals surface area contributed by atoms with Gasteiger partial charge in [0.2, 0.25) is 5.88 Å². The molecule has 1 rings (SSSR count). The summed E-state index contributed by atoms with van der Waals surface area (Å²) in [5.74, 6) is -0.869. The summed E-state index contributed by atoms with van der Waals surface area (Å²) in [5.41, 5.74) is -1.11. The van der Waals surface area contributed by atoms with E-state index in [0.29, 0.717) is 0 Å². The smallest absolute Gasteiger partial charge is 0.388 e. The summed E-state index contributed by atoms with van der Waals surface area (Å²) in [6.45, 7) is 1.14. The van der Waals surface area contributed by atoms with Gasteiger partial charge in [-0.3, -0.25) is 0 Å². The Morgan fingerprint density at radius 3 is 2.50 bits per heavy atom. The van der Waals surface area contributed by atoms with Gasteiger partial charge >= 0.3 is 6.36 Å². The number of rotatable bonds is 3. The fourth-order valence-electron chi connectivity index (χ4n) is 1.27. The van der Waals surface area contributed by atoms with E-state index >= 15 is 0 Å². The third-order valence-corrected chi connectivity index (χ3v) is 2.01. The second-order valence-corrected chi connectivity index (χ2v) is 3.31. The SMILES string of the molecule is Cc1nc(OC(F)(F)F)c(CC#N)cc1C(F)F. The van der Waals surface area contributed by atoms with Crippen LogP contribution in [0.2, 0.25) is 0 Å². The van der Waals surface area contributed by atoms with Crippen molar-refractivity contribution in [2.75, 3.05) is 0 Å². The van der Waals surface area contributed by atoms with E-state index in [-0.39, 0.29) is 11.3 Å². The fourth-order valence-corrected chi connectivity index (χ4v) is 1.27. The number of nitriles is 1. The molecule has 3 nitrogen and oxygen atoms in total. The molecule has 98 valence electrons. The summed E-state index contributed by atoms with van der Waals surface area (Å²) < 4.78 is 64.8. The Bertz CT molecular complexity index is 478. The molecule has 0 fully saturated rings. The van der Waals surface area contributed by atoms with E-state index in [1.807, 2.05) is 0 Å². The topological polar surface area (TPSA) is 45.9 Å². The number of hydrogen-bond donors (Lipinski definition) is 0. The van der Waals surface area contributed by atoms with Gasteiger partial charge in [-0.1, -0.05) is 0 Å². The van der Waals surface area contributed by atoms with Crippen molar-refractivity contribution in [1.82, 2.24) is 4.98 Å². The maximum atomic E-state index is 12.5. The lowest BCUT2D eigenvalue weighted by Gasteiger charge is -2.13. The van der Waals surface area contributed by atoms with Crippen molar-refractivity contribution in [3.05, 3.63) is 22.9 Å². The normalized spacial score (nSPS) is 11.4. The van der Waals surface area contributed by atoms with E-state index in [1.165, 1.54) is 0 Å². The Morgan fingerprint density at radius 2 is 2.06 bits per heavy atom. The number of ether oxygens (including phenoxy) is 1. The quantitative estimate of drug-likeness (QED) is 0.788. The molecule has 0 saturated carbocycles. The standard InChI is InChI=1S/C10H7F5N2O/c1-5-7(8(11)12)4-6(2-3-16)9(17-5)18-10(13,14)15/h4,8H,2H2,1H3. The summed E-state index contributed by atoms with van der Waals surface area (Å²) in [4.78, 5) is 3.32. The van der Waals surface area contributed by atoms with Crippen molar-refractivity contribution < 1.29 is 26.7 Å². The Balaban J connectivity index is 3.25. The Hall–Kier alpha value is -1.91. The molecule has 0 unspecified atom stereocenters. The molecule has 0 aliphatic carbocycles. The summed E-state index contributed by atoms with van der Waals surface area (Å²) in [6, 6.07) is 2.37. The molecule has 0 saturated heterocycles. The maximum absolute atomic E-state index is 12.5. The molecule has 0 spiro atoms. The van der Waals surface area contributed by atoms with Gasteiger partial charge in [-0.25, -0.2) is 13.8 Å². The Morgan fingerprint density at radius 1 is 1.44 bits per heavy atom. The Kier molecular flexibility index (Phi) is 4.06. The van der Waals surface area contributed by atoms with Crippen molar-refractivity contribution >= 4 is 0 Å². The highest BCUT2D eigenvalue weighted by atomic mass is 19.4. The maximum Gasteiger partial charge on any atom is 0.574 e. The van der Waals surface area contributed by atoms with Crippen LogP contribution >= 0.6 is 0 Å².